The molecule has 0 amide bonds. The van der Waals surface area contributed by atoms with Gasteiger partial charge in [0, 0.05) is 24.1 Å². The summed E-state index contributed by atoms with van der Waals surface area (Å²) in [5, 5.41) is 4.07. The quantitative estimate of drug-likeness (QED) is 0.829. The average Bonchev–Trinajstić information content (AvgIpc) is 2.49. The number of hydrogen-bond donors (Lipinski definition) is 1. The van der Waals surface area contributed by atoms with Crippen molar-refractivity contribution in [1.82, 2.24) is 5.32 Å². The van der Waals surface area contributed by atoms with Gasteiger partial charge < -0.3 is 10.1 Å². The first-order valence-electron chi connectivity index (χ1n) is 9.14. The minimum Gasteiger partial charge on any atom is -0.378 e. The SMILES string of the molecule is CCOC1CC(NC2CCCCC2C)C12CCCCC2. The third-order valence-corrected chi connectivity index (χ3v) is 6.46. The molecule has 0 aromatic rings. The van der Waals surface area contributed by atoms with Gasteiger partial charge in [-0.1, -0.05) is 39.0 Å². The minimum absolute atomic E-state index is 0.491. The molecule has 0 aliphatic heterocycles. The standard InChI is InChI=1S/C18H33NO/c1-3-20-17-13-16(18(17)11-7-4-8-12-18)19-15-10-6-5-9-14(15)2/h14-17,19H,3-13H2,1-2H3. The summed E-state index contributed by atoms with van der Waals surface area (Å²) in [7, 11) is 0. The highest BCUT2D eigenvalue weighted by molar-refractivity contribution is 5.09. The molecular weight excluding hydrogens is 246 g/mol. The highest BCUT2D eigenvalue weighted by Gasteiger charge is 2.55. The highest BCUT2D eigenvalue weighted by Crippen LogP contribution is 2.53. The maximum absolute atomic E-state index is 6.08. The fraction of sp³-hybridized carbons (Fsp3) is 1.00. The van der Waals surface area contributed by atoms with Gasteiger partial charge in [0.25, 0.3) is 0 Å². The average molecular weight is 279 g/mol. The molecule has 3 rings (SSSR count). The minimum atomic E-state index is 0.491. The van der Waals surface area contributed by atoms with E-state index >= 15 is 0 Å². The topological polar surface area (TPSA) is 21.3 Å². The first-order valence-corrected chi connectivity index (χ1v) is 9.14. The lowest BCUT2D eigenvalue weighted by Crippen LogP contribution is -2.66. The Labute approximate surface area is 125 Å². The van der Waals surface area contributed by atoms with Crippen LogP contribution in [0.4, 0.5) is 0 Å². The lowest BCUT2D eigenvalue weighted by Gasteiger charge is -2.59. The maximum Gasteiger partial charge on any atom is 0.0661 e. The summed E-state index contributed by atoms with van der Waals surface area (Å²) in [6.07, 6.45) is 14.6. The van der Waals surface area contributed by atoms with E-state index in [9.17, 15) is 0 Å². The van der Waals surface area contributed by atoms with Crippen molar-refractivity contribution in [3.63, 3.8) is 0 Å². The molecule has 1 N–H and O–H groups in total. The second kappa shape index (κ2) is 6.36. The van der Waals surface area contributed by atoms with Gasteiger partial charge in [-0.25, -0.2) is 0 Å². The molecule has 0 heterocycles. The molecule has 0 aromatic heterocycles. The van der Waals surface area contributed by atoms with Crippen LogP contribution >= 0.6 is 0 Å². The van der Waals surface area contributed by atoms with Crippen LogP contribution in [0.15, 0.2) is 0 Å². The first-order chi connectivity index (χ1) is 9.76. The van der Waals surface area contributed by atoms with E-state index < -0.39 is 0 Å². The third-order valence-electron chi connectivity index (χ3n) is 6.46. The summed E-state index contributed by atoms with van der Waals surface area (Å²) < 4.78 is 6.08. The molecule has 0 saturated heterocycles. The zero-order valence-electron chi connectivity index (χ0n) is 13.5. The van der Waals surface area contributed by atoms with Crippen molar-refractivity contribution in [1.29, 1.82) is 0 Å². The zero-order valence-corrected chi connectivity index (χ0v) is 13.5. The monoisotopic (exact) mass is 279 g/mol. The van der Waals surface area contributed by atoms with E-state index in [1.807, 2.05) is 0 Å². The van der Waals surface area contributed by atoms with Crippen molar-refractivity contribution < 1.29 is 4.74 Å². The molecule has 4 atom stereocenters. The highest BCUT2D eigenvalue weighted by atomic mass is 16.5. The summed E-state index contributed by atoms with van der Waals surface area (Å²) in [6.45, 7) is 5.49. The molecule has 116 valence electrons. The van der Waals surface area contributed by atoms with Crippen LogP contribution < -0.4 is 5.32 Å². The Morgan fingerprint density at radius 2 is 1.80 bits per heavy atom. The van der Waals surface area contributed by atoms with Crippen LogP contribution in [0.5, 0.6) is 0 Å². The van der Waals surface area contributed by atoms with Crippen LogP contribution in [0, 0.1) is 11.3 Å². The molecular formula is C18H33NO. The van der Waals surface area contributed by atoms with Crippen molar-refractivity contribution in [2.45, 2.75) is 96.2 Å². The molecule has 3 aliphatic carbocycles. The number of ether oxygens (including phenoxy) is 1. The summed E-state index contributed by atoms with van der Waals surface area (Å²) in [5.41, 5.74) is 0.491. The van der Waals surface area contributed by atoms with Gasteiger partial charge in [0.15, 0.2) is 0 Å². The number of nitrogens with one attached hydrogen (secondary N) is 1. The second-order valence-corrected chi connectivity index (χ2v) is 7.56. The summed E-state index contributed by atoms with van der Waals surface area (Å²) >= 11 is 0. The molecule has 3 aliphatic rings. The summed E-state index contributed by atoms with van der Waals surface area (Å²) in [5.74, 6) is 0.871. The Bertz CT molecular complexity index is 311. The van der Waals surface area contributed by atoms with Gasteiger partial charge in [-0.05, 0) is 44.9 Å². The maximum atomic E-state index is 6.08. The van der Waals surface area contributed by atoms with E-state index in [0.717, 1.165) is 24.6 Å². The molecule has 2 heteroatoms. The van der Waals surface area contributed by atoms with Gasteiger partial charge in [-0.3, -0.25) is 0 Å². The molecule has 1 spiro atoms. The molecule has 0 radical (unpaired) electrons. The van der Waals surface area contributed by atoms with Crippen LogP contribution in [0.3, 0.4) is 0 Å². The van der Waals surface area contributed by atoms with Crippen molar-refractivity contribution >= 4 is 0 Å². The second-order valence-electron chi connectivity index (χ2n) is 7.56. The Morgan fingerprint density at radius 1 is 1.05 bits per heavy atom. The van der Waals surface area contributed by atoms with Crippen LogP contribution in [0.25, 0.3) is 0 Å². The third kappa shape index (κ3) is 2.66. The van der Waals surface area contributed by atoms with E-state index in [4.69, 9.17) is 4.74 Å². The van der Waals surface area contributed by atoms with Crippen molar-refractivity contribution in [2.24, 2.45) is 11.3 Å². The lowest BCUT2D eigenvalue weighted by atomic mass is 9.55. The van der Waals surface area contributed by atoms with Gasteiger partial charge in [0.2, 0.25) is 0 Å². The molecule has 2 nitrogen and oxygen atoms in total. The van der Waals surface area contributed by atoms with E-state index in [1.54, 1.807) is 0 Å². The molecule has 3 fully saturated rings. The largest absolute Gasteiger partial charge is 0.378 e. The van der Waals surface area contributed by atoms with Gasteiger partial charge in [-0.2, -0.15) is 0 Å². The molecule has 4 unspecified atom stereocenters. The van der Waals surface area contributed by atoms with Crippen LogP contribution in [0.1, 0.15) is 78.1 Å². The molecule has 3 saturated carbocycles. The van der Waals surface area contributed by atoms with Crippen LogP contribution in [-0.4, -0.2) is 24.8 Å². The first kappa shape index (κ1) is 14.8. The van der Waals surface area contributed by atoms with Gasteiger partial charge in [-0.15, -0.1) is 0 Å². The van der Waals surface area contributed by atoms with Crippen LogP contribution in [0.2, 0.25) is 0 Å². The van der Waals surface area contributed by atoms with Gasteiger partial charge >= 0.3 is 0 Å². The molecule has 0 bridgehead atoms. The molecule has 20 heavy (non-hydrogen) atoms. The normalized spacial score (nSPS) is 40.5. The Kier molecular flexibility index (Phi) is 4.72. The molecule has 0 aromatic carbocycles. The number of hydrogen-bond acceptors (Lipinski definition) is 2. The Hall–Kier alpha value is -0.0800. The summed E-state index contributed by atoms with van der Waals surface area (Å²) in [4.78, 5) is 0. The predicted octanol–water partition coefficient (Wildman–Crippen LogP) is 4.28. The van der Waals surface area contributed by atoms with Crippen molar-refractivity contribution in [3.05, 3.63) is 0 Å². The lowest BCUT2D eigenvalue weighted by molar-refractivity contribution is -0.153. The fourth-order valence-electron chi connectivity index (χ4n) is 5.12. The van der Waals surface area contributed by atoms with E-state index in [2.05, 4.69) is 19.2 Å². The van der Waals surface area contributed by atoms with Crippen molar-refractivity contribution in [3.8, 4) is 0 Å². The van der Waals surface area contributed by atoms with Gasteiger partial charge in [0.05, 0.1) is 6.10 Å². The van der Waals surface area contributed by atoms with E-state index in [0.29, 0.717) is 11.5 Å². The predicted molar refractivity (Wildman–Crippen MR) is 83.9 cm³/mol. The zero-order chi connectivity index (χ0) is 14.0. The number of rotatable bonds is 4. The smallest absolute Gasteiger partial charge is 0.0661 e. The Balaban J connectivity index is 1.63. The van der Waals surface area contributed by atoms with Crippen LogP contribution in [-0.2, 0) is 4.74 Å². The summed E-state index contributed by atoms with van der Waals surface area (Å²) in [6, 6.07) is 1.51. The van der Waals surface area contributed by atoms with Gasteiger partial charge in [0.1, 0.15) is 0 Å². The van der Waals surface area contributed by atoms with Crippen molar-refractivity contribution in [2.75, 3.05) is 6.61 Å². The fourth-order valence-corrected chi connectivity index (χ4v) is 5.12. The van der Waals surface area contributed by atoms with E-state index in [-0.39, 0.29) is 0 Å². The Morgan fingerprint density at radius 3 is 2.50 bits per heavy atom. The van der Waals surface area contributed by atoms with E-state index in [1.165, 1.54) is 64.2 Å².